The van der Waals surface area contributed by atoms with Gasteiger partial charge in [-0.05, 0) is 48.7 Å². The van der Waals surface area contributed by atoms with Crippen LogP contribution in [0.15, 0.2) is 60.0 Å². The van der Waals surface area contributed by atoms with Gasteiger partial charge in [0.25, 0.3) is 11.8 Å². The van der Waals surface area contributed by atoms with Gasteiger partial charge in [-0.25, -0.2) is 0 Å². The molecule has 33 heavy (non-hydrogen) atoms. The number of benzene rings is 2. The summed E-state index contributed by atoms with van der Waals surface area (Å²) in [5.41, 5.74) is 2.61. The van der Waals surface area contributed by atoms with Crippen LogP contribution in [0.4, 0.5) is 5.69 Å². The highest BCUT2D eigenvalue weighted by Crippen LogP contribution is 2.34. The summed E-state index contributed by atoms with van der Waals surface area (Å²) < 4.78 is 12.0. The number of ether oxygens (including phenoxy) is 2. The second-order valence-electron chi connectivity index (χ2n) is 7.07. The summed E-state index contributed by atoms with van der Waals surface area (Å²) in [5.74, 6) is 0.544. The lowest BCUT2D eigenvalue weighted by molar-refractivity contribution is -0.121. The molecule has 8 heteroatoms. The van der Waals surface area contributed by atoms with E-state index in [9.17, 15) is 9.59 Å². The molecule has 1 aliphatic heterocycles. The summed E-state index contributed by atoms with van der Waals surface area (Å²) in [6.07, 6.45) is 4.23. The number of thiocarbonyl (C=S) groups is 1. The van der Waals surface area contributed by atoms with Gasteiger partial charge in [-0.3, -0.25) is 14.5 Å². The standard InChI is InChI=1S/C25H26N2O4S2/c1-4-13-27-24(29)22(33-25(27)32)15-17-11-12-20(21(14-17)30-6-3)31-16-23(28)26-19-10-8-7-9-18(19)5-2/h4,7-12,14-15H,1,5-6,13,16H2,2-3H3,(H,26,28)/b22-15-. The molecule has 0 saturated carbocycles. The third-order valence-corrected chi connectivity index (χ3v) is 6.16. The van der Waals surface area contributed by atoms with Crippen LogP contribution in [-0.2, 0) is 16.0 Å². The highest BCUT2D eigenvalue weighted by molar-refractivity contribution is 8.26. The summed E-state index contributed by atoms with van der Waals surface area (Å²) in [6, 6.07) is 13.0. The third kappa shape index (κ3) is 6.24. The predicted octanol–water partition coefficient (Wildman–Crippen LogP) is 5.05. The van der Waals surface area contributed by atoms with Gasteiger partial charge in [-0.2, -0.15) is 0 Å². The molecule has 0 unspecified atom stereocenters. The Bertz CT molecular complexity index is 1100. The Morgan fingerprint density at radius 3 is 2.70 bits per heavy atom. The number of para-hydroxylation sites is 1. The summed E-state index contributed by atoms with van der Waals surface area (Å²) in [4.78, 5) is 27.0. The van der Waals surface area contributed by atoms with Crippen LogP contribution < -0.4 is 14.8 Å². The Labute approximate surface area is 203 Å². The van der Waals surface area contributed by atoms with E-state index in [2.05, 4.69) is 11.9 Å². The minimum absolute atomic E-state index is 0.146. The van der Waals surface area contributed by atoms with Gasteiger partial charge in [0.1, 0.15) is 4.32 Å². The maximum Gasteiger partial charge on any atom is 0.266 e. The number of nitrogens with zero attached hydrogens (tertiary/aromatic N) is 1. The van der Waals surface area contributed by atoms with Crippen LogP contribution in [0.1, 0.15) is 25.0 Å². The number of amides is 2. The monoisotopic (exact) mass is 482 g/mol. The topological polar surface area (TPSA) is 67.9 Å². The molecule has 0 aromatic heterocycles. The van der Waals surface area contributed by atoms with Crippen molar-refractivity contribution in [2.24, 2.45) is 0 Å². The lowest BCUT2D eigenvalue weighted by Crippen LogP contribution is -2.27. The molecule has 3 rings (SSSR count). The average Bonchev–Trinajstić information content (AvgIpc) is 3.07. The van der Waals surface area contributed by atoms with Gasteiger partial charge < -0.3 is 14.8 Å². The van der Waals surface area contributed by atoms with Crippen molar-refractivity contribution in [3.05, 3.63) is 71.2 Å². The molecule has 0 bridgehead atoms. The van der Waals surface area contributed by atoms with E-state index < -0.39 is 0 Å². The van der Waals surface area contributed by atoms with Crippen LogP contribution in [0.3, 0.4) is 0 Å². The highest BCUT2D eigenvalue weighted by Gasteiger charge is 2.31. The predicted molar refractivity (Wildman–Crippen MR) is 138 cm³/mol. The molecule has 0 aliphatic carbocycles. The Hall–Kier alpha value is -3.10. The molecule has 0 radical (unpaired) electrons. The van der Waals surface area contributed by atoms with Crippen molar-refractivity contribution in [3.63, 3.8) is 0 Å². The minimum Gasteiger partial charge on any atom is -0.490 e. The number of hydrogen-bond donors (Lipinski definition) is 1. The molecule has 1 fully saturated rings. The minimum atomic E-state index is -0.256. The van der Waals surface area contributed by atoms with Crippen molar-refractivity contribution < 1.29 is 19.1 Å². The Morgan fingerprint density at radius 2 is 1.97 bits per heavy atom. The van der Waals surface area contributed by atoms with E-state index in [-0.39, 0.29) is 18.4 Å². The quantitative estimate of drug-likeness (QED) is 0.290. The molecular formula is C25H26N2O4S2. The van der Waals surface area contributed by atoms with Crippen LogP contribution in [0, 0.1) is 0 Å². The zero-order chi connectivity index (χ0) is 23.8. The third-order valence-electron chi connectivity index (χ3n) is 4.78. The van der Waals surface area contributed by atoms with Gasteiger partial charge in [0.15, 0.2) is 18.1 Å². The summed E-state index contributed by atoms with van der Waals surface area (Å²) >= 11 is 6.54. The molecule has 1 saturated heterocycles. The van der Waals surface area contributed by atoms with Crippen molar-refractivity contribution in [2.75, 3.05) is 25.1 Å². The van der Waals surface area contributed by atoms with E-state index >= 15 is 0 Å². The summed E-state index contributed by atoms with van der Waals surface area (Å²) in [7, 11) is 0. The average molecular weight is 483 g/mol. The maximum atomic E-state index is 12.6. The summed E-state index contributed by atoms with van der Waals surface area (Å²) in [6.45, 7) is 8.22. The van der Waals surface area contributed by atoms with E-state index in [0.717, 1.165) is 23.2 Å². The number of thioether (sulfide) groups is 1. The van der Waals surface area contributed by atoms with Gasteiger partial charge in [-0.15, -0.1) is 6.58 Å². The van der Waals surface area contributed by atoms with Crippen molar-refractivity contribution in [1.82, 2.24) is 4.90 Å². The van der Waals surface area contributed by atoms with E-state index in [0.29, 0.717) is 33.9 Å². The molecule has 2 amide bonds. The zero-order valence-electron chi connectivity index (χ0n) is 18.6. The lowest BCUT2D eigenvalue weighted by Gasteiger charge is -2.14. The van der Waals surface area contributed by atoms with E-state index in [4.69, 9.17) is 21.7 Å². The number of carbonyl (C=O) groups is 2. The molecule has 6 nitrogen and oxygen atoms in total. The van der Waals surface area contributed by atoms with Crippen LogP contribution in [0.5, 0.6) is 11.5 Å². The van der Waals surface area contributed by atoms with Gasteiger partial charge in [0.05, 0.1) is 11.5 Å². The molecule has 172 valence electrons. The summed E-state index contributed by atoms with van der Waals surface area (Å²) in [5, 5.41) is 2.89. The molecule has 2 aromatic carbocycles. The van der Waals surface area contributed by atoms with Gasteiger partial charge >= 0.3 is 0 Å². The Balaban J connectivity index is 1.71. The first-order valence-corrected chi connectivity index (χ1v) is 11.8. The maximum absolute atomic E-state index is 12.6. The first-order valence-electron chi connectivity index (χ1n) is 10.6. The Kier molecular flexibility index (Phi) is 8.68. The lowest BCUT2D eigenvalue weighted by atomic mass is 10.1. The van der Waals surface area contributed by atoms with Gasteiger partial charge in [0.2, 0.25) is 0 Å². The van der Waals surface area contributed by atoms with Crippen molar-refractivity contribution in [3.8, 4) is 11.5 Å². The number of hydrogen-bond acceptors (Lipinski definition) is 6. The number of carbonyl (C=O) groups excluding carboxylic acids is 2. The fraction of sp³-hybridized carbons (Fsp3) is 0.240. The Morgan fingerprint density at radius 1 is 1.18 bits per heavy atom. The van der Waals surface area contributed by atoms with Crippen LogP contribution in [0.25, 0.3) is 6.08 Å². The zero-order valence-corrected chi connectivity index (χ0v) is 20.3. The van der Waals surface area contributed by atoms with Crippen LogP contribution in [-0.4, -0.2) is 40.8 Å². The molecular weight excluding hydrogens is 456 g/mol. The molecule has 0 spiro atoms. The van der Waals surface area contributed by atoms with Crippen LogP contribution >= 0.6 is 24.0 Å². The molecule has 2 aromatic rings. The van der Waals surface area contributed by atoms with Crippen molar-refractivity contribution in [2.45, 2.75) is 20.3 Å². The van der Waals surface area contributed by atoms with E-state index in [1.54, 1.807) is 24.3 Å². The molecule has 1 aliphatic rings. The number of anilines is 1. The second-order valence-corrected chi connectivity index (χ2v) is 8.74. The van der Waals surface area contributed by atoms with Gasteiger partial charge in [-0.1, -0.05) is 61.2 Å². The number of aryl methyl sites for hydroxylation is 1. The van der Waals surface area contributed by atoms with Gasteiger partial charge in [0, 0.05) is 12.2 Å². The highest BCUT2D eigenvalue weighted by atomic mass is 32.2. The smallest absolute Gasteiger partial charge is 0.266 e. The van der Waals surface area contributed by atoms with Crippen molar-refractivity contribution >= 4 is 51.9 Å². The normalized spacial score (nSPS) is 14.5. The molecule has 1 heterocycles. The number of nitrogens with one attached hydrogen (secondary N) is 1. The molecule has 0 atom stereocenters. The SMILES string of the molecule is C=CCN1C(=O)/C(=C/c2ccc(OCC(=O)Nc3ccccc3CC)c(OCC)c2)SC1=S. The van der Waals surface area contributed by atoms with E-state index in [1.165, 1.54) is 16.7 Å². The second kappa shape index (κ2) is 11.7. The van der Waals surface area contributed by atoms with Crippen LogP contribution in [0.2, 0.25) is 0 Å². The number of rotatable bonds is 10. The fourth-order valence-corrected chi connectivity index (χ4v) is 4.50. The fourth-order valence-electron chi connectivity index (χ4n) is 3.22. The molecule has 1 N–H and O–H groups in total. The van der Waals surface area contributed by atoms with Crippen molar-refractivity contribution in [1.29, 1.82) is 0 Å². The largest absolute Gasteiger partial charge is 0.490 e. The first-order chi connectivity index (χ1) is 16.0. The first kappa shape index (κ1) is 24.5. The van der Waals surface area contributed by atoms with E-state index in [1.807, 2.05) is 44.2 Å².